The van der Waals surface area contributed by atoms with Crippen LogP contribution in [0.3, 0.4) is 0 Å². The standard InChI is InChI=1S/C17H19O4/c1-18-14-11-10-13(16(20-3)17(14)21-4)15(19-2)12-8-6-5-7-9-12/h5-11H,1-4H3. The van der Waals surface area contributed by atoms with Crippen molar-refractivity contribution in [3.8, 4) is 17.2 Å². The molecule has 21 heavy (non-hydrogen) atoms. The average molecular weight is 287 g/mol. The third kappa shape index (κ3) is 2.95. The van der Waals surface area contributed by atoms with Crippen molar-refractivity contribution in [2.24, 2.45) is 0 Å². The van der Waals surface area contributed by atoms with Crippen molar-refractivity contribution in [3.05, 3.63) is 59.7 Å². The van der Waals surface area contributed by atoms with Gasteiger partial charge in [-0.1, -0.05) is 30.3 Å². The molecule has 4 nitrogen and oxygen atoms in total. The predicted molar refractivity (Wildman–Crippen MR) is 81.0 cm³/mol. The van der Waals surface area contributed by atoms with E-state index < -0.39 is 0 Å². The van der Waals surface area contributed by atoms with Crippen molar-refractivity contribution in [3.63, 3.8) is 0 Å². The van der Waals surface area contributed by atoms with E-state index >= 15 is 0 Å². The fourth-order valence-corrected chi connectivity index (χ4v) is 2.25. The molecule has 0 unspecified atom stereocenters. The number of rotatable bonds is 6. The molecule has 0 fully saturated rings. The second-order valence-corrected chi connectivity index (χ2v) is 4.28. The molecule has 0 amide bonds. The van der Waals surface area contributed by atoms with Crippen molar-refractivity contribution in [1.29, 1.82) is 0 Å². The van der Waals surface area contributed by atoms with Gasteiger partial charge in [0.2, 0.25) is 5.75 Å². The molecular weight excluding hydrogens is 268 g/mol. The first-order valence-corrected chi connectivity index (χ1v) is 6.52. The van der Waals surface area contributed by atoms with Crippen molar-refractivity contribution >= 4 is 0 Å². The highest BCUT2D eigenvalue weighted by atomic mass is 16.5. The van der Waals surface area contributed by atoms with Gasteiger partial charge >= 0.3 is 0 Å². The summed E-state index contributed by atoms with van der Waals surface area (Å²) in [5.41, 5.74) is 1.77. The molecule has 2 aromatic rings. The van der Waals surface area contributed by atoms with Crippen LogP contribution in [0, 0.1) is 6.10 Å². The molecule has 0 aliphatic carbocycles. The molecule has 0 saturated carbocycles. The lowest BCUT2D eigenvalue weighted by Crippen LogP contribution is -2.08. The number of hydrogen-bond donors (Lipinski definition) is 0. The van der Waals surface area contributed by atoms with Gasteiger partial charge in [0.15, 0.2) is 17.6 Å². The van der Waals surface area contributed by atoms with Gasteiger partial charge < -0.3 is 18.9 Å². The van der Waals surface area contributed by atoms with E-state index in [1.165, 1.54) is 0 Å². The fourth-order valence-electron chi connectivity index (χ4n) is 2.25. The summed E-state index contributed by atoms with van der Waals surface area (Å²) in [6, 6.07) is 13.6. The Morgan fingerprint density at radius 2 is 1.38 bits per heavy atom. The molecule has 0 spiro atoms. The lowest BCUT2D eigenvalue weighted by atomic mass is 9.99. The molecule has 0 atom stereocenters. The van der Waals surface area contributed by atoms with Gasteiger partial charge in [-0.05, 0) is 17.7 Å². The smallest absolute Gasteiger partial charge is 0.203 e. The van der Waals surface area contributed by atoms with Gasteiger partial charge in [0.05, 0.1) is 21.3 Å². The van der Waals surface area contributed by atoms with E-state index in [9.17, 15) is 0 Å². The molecular formula is C17H19O4. The number of methoxy groups -OCH3 is 4. The Balaban J connectivity index is 2.56. The van der Waals surface area contributed by atoms with E-state index in [0.717, 1.165) is 11.1 Å². The predicted octanol–water partition coefficient (Wildman–Crippen LogP) is 3.29. The summed E-state index contributed by atoms with van der Waals surface area (Å²) in [5, 5.41) is 0. The Morgan fingerprint density at radius 1 is 0.714 bits per heavy atom. The molecule has 4 heteroatoms. The fraction of sp³-hybridized carbons (Fsp3) is 0.235. The van der Waals surface area contributed by atoms with Crippen molar-refractivity contribution in [1.82, 2.24) is 0 Å². The third-order valence-electron chi connectivity index (χ3n) is 3.19. The van der Waals surface area contributed by atoms with E-state index in [1.54, 1.807) is 28.4 Å². The van der Waals surface area contributed by atoms with Crippen LogP contribution in [0.25, 0.3) is 0 Å². The Kier molecular flexibility index (Phi) is 5.06. The lowest BCUT2D eigenvalue weighted by Gasteiger charge is -2.20. The molecule has 0 aromatic heterocycles. The highest BCUT2D eigenvalue weighted by Crippen LogP contribution is 2.43. The van der Waals surface area contributed by atoms with Crippen LogP contribution >= 0.6 is 0 Å². The molecule has 0 N–H and O–H groups in total. The molecule has 0 aliphatic heterocycles. The van der Waals surface area contributed by atoms with Crippen LogP contribution < -0.4 is 14.2 Å². The Morgan fingerprint density at radius 3 is 1.90 bits per heavy atom. The Bertz CT molecular complexity index is 581. The van der Waals surface area contributed by atoms with Gasteiger partial charge in [0.25, 0.3) is 0 Å². The summed E-state index contributed by atoms with van der Waals surface area (Å²) in [7, 11) is 6.41. The second kappa shape index (κ2) is 6.99. The maximum atomic E-state index is 5.58. The van der Waals surface area contributed by atoms with Crippen molar-refractivity contribution in [2.45, 2.75) is 0 Å². The zero-order valence-corrected chi connectivity index (χ0v) is 12.7. The summed E-state index contributed by atoms with van der Waals surface area (Å²) >= 11 is 0. The van der Waals surface area contributed by atoms with Crippen LogP contribution in [-0.4, -0.2) is 28.4 Å². The Hall–Kier alpha value is -2.20. The van der Waals surface area contributed by atoms with Gasteiger partial charge in [-0.3, -0.25) is 0 Å². The quantitative estimate of drug-likeness (QED) is 0.817. The average Bonchev–Trinajstić information content (AvgIpc) is 2.55. The van der Waals surface area contributed by atoms with Crippen molar-refractivity contribution in [2.75, 3.05) is 28.4 Å². The molecule has 1 radical (unpaired) electrons. The minimum atomic E-state index is 0.544. The monoisotopic (exact) mass is 287 g/mol. The van der Waals surface area contributed by atoms with Gasteiger partial charge in [-0.25, -0.2) is 0 Å². The second-order valence-electron chi connectivity index (χ2n) is 4.28. The summed E-state index contributed by atoms with van der Waals surface area (Å²) in [6.07, 6.45) is 0.716. The summed E-state index contributed by atoms with van der Waals surface area (Å²) in [6.45, 7) is 0. The summed E-state index contributed by atoms with van der Waals surface area (Å²) in [5.74, 6) is 1.74. The van der Waals surface area contributed by atoms with Crippen molar-refractivity contribution < 1.29 is 18.9 Å². The first-order chi connectivity index (χ1) is 10.3. The molecule has 0 bridgehead atoms. The van der Waals surface area contributed by atoms with Crippen LogP contribution in [0.15, 0.2) is 42.5 Å². The van der Waals surface area contributed by atoms with Gasteiger partial charge in [-0.15, -0.1) is 0 Å². The summed E-state index contributed by atoms with van der Waals surface area (Å²) < 4.78 is 21.8. The molecule has 0 saturated heterocycles. The zero-order valence-electron chi connectivity index (χ0n) is 12.7. The third-order valence-corrected chi connectivity index (χ3v) is 3.19. The van der Waals surface area contributed by atoms with E-state index in [-0.39, 0.29) is 0 Å². The number of benzene rings is 2. The van der Waals surface area contributed by atoms with Crippen LogP contribution in [0.2, 0.25) is 0 Å². The van der Waals surface area contributed by atoms with Crippen LogP contribution in [0.1, 0.15) is 11.1 Å². The van der Waals surface area contributed by atoms with Gasteiger partial charge in [0, 0.05) is 12.7 Å². The van der Waals surface area contributed by atoms with E-state index in [4.69, 9.17) is 18.9 Å². The van der Waals surface area contributed by atoms with E-state index in [2.05, 4.69) is 0 Å². The van der Waals surface area contributed by atoms with Gasteiger partial charge in [-0.2, -0.15) is 0 Å². The SMILES string of the molecule is CO[C](c1ccccc1)c1ccc(OC)c(OC)c1OC. The van der Waals surface area contributed by atoms with E-state index in [1.807, 2.05) is 42.5 Å². The minimum absolute atomic E-state index is 0.544. The van der Waals surface area contributed by atoms with Crippen LogP contribution in [-0.2, 0) is 4.74 Å². The van der Waals surface area contributed by atoms with Crippen LogP contribution in [0.4, 0.5) is 0 Å². The maximum Gasteiger partial charge on any atom is 0.203 e. The minimum Gasteiger partial charge on any atom is -0.493 e. The molecule has 0 heterocycles. The lowest BCUT2D eigenvalue weighted by molar-refractivity contribution is 0.242. The maximum absolute atomic E-state index is 5.58. The molecule has 2 aromatic carbocycles. The first-order valence-electron chi connectivity index (χ1n) is 6.52. The van der Waals surface area contributed by atoms with Crippen LogP contribution in [0.5, 0.6) is 17.2 Å². The molecule has 0 aliphatic rings. The number of ether oxygens (including phenoxy) is 4. The number of hydrogen-bond acceptors (Lipinski definition) is 4. The summed E-state index contributed by atoms with van der Waals surface area (Å²) in [4.78, 5) is 0. The molecule has 111 valence electrons. The van der Waals surface area contributed by atoms with Gasteiger partial charge in [0.1, 0.15) is 0 Å². The topological polar surface area (TPSA) is 36.9 Å². The largest absolute Gasteiger partial charge is 0.493 e. The Labute approximate surface area is 125 Å². The highest BCUT2D eigenvalue weighted by molar-refractivity contribution is 5.61. The normalized spacial score (nSPS) is 10.5. The first kappa shape index (κ1) is 15.2. The molecule has 2 rings (SSSR count). The van der Waals surface area contributed by atoms with E-state index in [0.29, 0.717) is 23.4 Å². The zero-order chi connectivity index (χ0) is 15.2. The highest BCUT2D eigenvalue weighted by Gasteiger charge is 2.24.